The summed E-state index contributed by atoms with van der Waals surface area (Å²) in [5.74, 6) is 0.0364. The van der Waals surface area contributed by atoms with Gasteiger partial charge in [0.15, 0.2) is 11.2 Å². The Labute approximate surface area is 205 Å². The van der Waals surface area contributed by atoms with E-state index in [0.29, 0.717) is 37.6 Å². The highest BCUT2D eigenvalue weighted by molar-refractivity contribution is 6.09. The topological polar surface area (TPSA) is 93.1 Å². The first-order valence-electron chi connectivity index (χ1n) is 11.4. The molecule has 182 valence electrons. The van der Waals surface area contributed by atoms with E-state index in [0.717, 1.165) is 6.08 Å². The summed E-state index contributed by atoms with van der Waals surface area (Å²) in [5.41, 5.74) is -3.30. The number of rotatable bonds is 12. The molecule has 2 N–H and O–H groups in total. The standard InChI is InChI=1S/C29H30O6/c1-4-6-18-34-24-12-8-22(9-13-24)26(30)28(32)16-17-29(33,21(3)20-28)27(31)23-10-14-25(15-11-23)35-19-7-5-2/h4-5,8-17,20,32-33H,1-2,6-7,18-19H2,3H3. The van der Waals surface area contributed by atoms with Crippen molar-refractivity contribution in [1.29, 1.82) is 0 Å². The summed E-state index contributed by atoms with van der Waals surface area (Å²) in [7, 11) is 0. The Hall–Kier alpha value is -3.74. The predicted octanol–water partition coefficient (Wildman–Crippen LogP) is 4.64. The number of carbonyl (C=O) groups excluding carboxylic acids is 2. The molecular formula is C29H30O6. The molecule has 0 saturated heterocycles. The van der Waals surface area contributed by atoms with Crippen molar-refractivity contribution < 1.29 is 29.3 Å². The smallest absolute Gasteiger partial charge is 0.202 e. The zero-order valence-corrected chi connectivity index (χ0v) is 19.8. The molecule has 3 rings (SSSR count). The molecule has 2 aromatic carbocycles. The first kappa shape index (κ1) is 25.9. The Morgan fingerprint density at radius 1 is 0.800 bits per heavy atom. The molecule has 6 heteroatoms. The van der Waals surface area contributed by atoms with E-state index < -0.39 is 22.8 Å². The van der Waals surface area contributed by atoms with Gasteiger partial charge in [-0.2, -0.15) is 0 Å². The van der Waals surface area contributed by atoms with Crippen LogP contribution in [0.1, 0.15) is 40.5 Å². The summed E-state index contributed by atoms with van der Waals surface area (Å²) < 4.78 is 11.1. The largest absolute Gasteiger partial charge is 0.493 e. The Morgan fingerprint density at radius 2 is 1.26 bits per heavy atom. The van der Waals surface area contributed by atoms with E-state index in [1.807, 2.05) is 0 Å². The summed E-state index contributed by atoms with van der Waals surface area (Å²) in [4.78, 5) is 26.2. The summed E-state index contributed by atoms with van der Waals surface area (Å²) in [5, 5.41) is 22.2. The number of hydrogen-bond acceptors (Lipinski definition) is 6. The van der Waals surface area contributed by atoms with Crippen molar-refractivity contribution in [2.45, 2.75) is 31.0 Å². The average Bonchev–Trinajstić information content (AvgIpc) is 2.87. The molecule has 0 aromatic heterocycles. The molecule has 2 aromatic rings. The van der Waals surface area contributed by atoms with Gasteiger partial charge in [0.2, 0.25) is 11.6 Å². The fraction of sp³-hybridized carbons (Fsp3) is 0.241. The van der Waals surface area contributed by atoms with Gasteiger partial charge in [-0.05, 0) is 92.1 Å². The van der Waals surface area contributed by atoms with E-state index in [2.05, 4.69) is 13.2 Å². The van der Waals surface area contributed by atoms with Gasteiger partial charge in [-0.25, -0.2) is 0 Å². The molecule has 2 unspecified atom stereocenters. The van der Waals surface area contributed by atoms with Crippen LogP contribution in [0.25, 0.3) is 0 Å². The van der Waals surface area contributed by atoms with E-state index in [9.17, 15) is 19.8 Å². The Morgan fingerprint density at radius 3 is 1.69 bits per heavy atom. The van der Waals surface area contributed by atoms with Crippen molar-refractivity contribution in [2.75, 3.05) is 13.2 Å². The van der Waals surface area contributed by atoms with Gasteiger partial charge in [0.1, 0.15) is 11.5 Å². The van der Waals surface area contributed by atoms with Crippen LogP contribution in [0.5, 0.6) is 11.5 Å². The van der Waals surface area contributed by atoms with Gasteiger partial charge in [-0.15, -0.1) is 13.2 Å². The molecule has 0 amide bonds. The first-order chi connectivity index (χ1) is 16.7. The number of benzene rings is 2. The molecule has 1 aliphatic rings. The lowest BCUT2D eigenvalue weighted by molar-refractivity contribution is 0.0547. The maximum atomic E-state index is 13.1. The minimum Gasteiger partial charge on any atom is -0.493 e. The van der Waals surface area contributed by atoms with Gasteiger partial charge < -0.3 is 19.7 Å². The predicted molar refractivity (Wildman–Crippen MR) is 135 cm³/mol. The van der Waals surface area contributed by atoms with E-state index in [4.69, 9.17) is 9.47 Å². The summed E-state index contributed by atoms with van der Waals surface area (Å²) in [6.07, 6.45) is 8.44. The van der Waals surface area contributed by atoms with E-state index in [-0.39, 0.29) is 16.7 Å². The molecule has 0 radical (unpaired) electrons. The van der Waals surface area contributed by atoms with Crippen molar-refractivity contribution in [3.8, 4) is 11.5 Å². The maximum Gasteiger partial charge on any atom is 0.202 e. The van der Waals surface area contributed by atoms with Crippen molar-refractivity contribution in [3.05, 3.63) is 109 Å². The summed E-state index contributed by atoms with van der Waals surface area (Å²) in [6, 6.07) is 12.8. The Kier molecular flexibility index (Phi) is 8.22. The molecule has 0 spiro atoms. The van der Waals surface area contributed by atoms with Crippen LogP contribution < -0.4 is 9.47 Å². The Bertz CT molecular complexity index is 1140. The third kappa shape index (κ3) is 5.85. The number of ketones is 2. The van der Waals surface area contributed by atoms with Crippen LogP contribution in [0.2, 0.25) is 0 Å². The molecular weight excluding hydrogens is 444 g/mol. The Balaban J connectivity index is 1.74. The van der Waals surface area contributed by atoms with Crippen LogP contribution in [-0.2, 0) is 0 Å². The van der Waals surface area contributed by atoms with Gasteiger partial charge in [0.25, 0.3) is 0 Å². The van der Waals surface area contributed by atoms with Gasteiger partial charge in [0.05, 0.1) is 13.2 Å². The molecule has 0 bridgehead atoms. The van der Waals surface area contributed by atoms with Crippen molar-refractivity contribution >= 4 is 11.6 Å². The third-order valence-corrected chi connectivity index (χ3v) is 5.74. The number of Topliss-reactive ketones (excluding diaryl/α,β-unsaturated/α-hetero) is 2. The molecule has 1 aliphatic carbocycles. The van der Waals surface area contributed by atoms with Crippen LogP contribution in [0.4, 0.5) is 0 Å². The highest BCUT2D eigenvalue weighted by atomic mass is 16.5. The zero-order chi connectivity index (χ0) is 25.5. The fourth-order valence-electron chi connectivity index (χ4n) is 3.64. The second-order valence-electron chi connectivity index (χ2n) is 8.31. The lowest BCUT2D eigenvalue weighted by atomic mass is 9.77. The van der Waals surface area contributed by atoms with Gasteiger partial charge >= 0.3 is 0 Å². The quantitative estimate of drug-likeness (QED) is 0.264. The van der Waals surface area contributed by atoms with Gasteiger partial charge in [0, 0.05) is 11.1 Å². The van der Waals surface area contributed by atoms with Crippen LogP contribution in [0.15, 0.2) is 97.6 Å². The van der Waals surface area contributed by atoms with E-state index >= 15 is 0 Å². The van der Waals surface area contributed by atoms with Crippen LogP contribution >= 0.6 is 0 Å². The molecule has 0 fully saturated rings. The molecule has 0 heterocycles. The number of ether oxygens (including phenoxy) is 2. The lowest BCUT2D eigenvalue weighted by Crippen LogP contribution is -2.45. The second kappa shape index (κ2) is 11.1. The van der Waals surface area contributed by atoms with Crippen LogP contribution in [0, 0.1) is 0 Å². The van der Waals surface area contributed by atoms with Gasteiger partial charge in [-0.3, -0.25) is 9.59 Å². The van der Waals surface area contributed by atoms with Crippen molar-refractivity contribution in [3.63, 3.8) is 0 Å². The van der Waals surface area contributed by atoms with E-state index in [1.54, 1.807) is 60.7 Å². The molecule has 6 nitrogen and oxygen atoms in total. The second-order valence-corrected chi connectivity index (χ2v) is 8.31. The van der Waals surface area contributed by atoms with E-state index in [1.165, 1.54) is 19.1 Å². The molecule has 0 aliphatic heterocycles. The normalized spacial score (nSPS) is 21.1. The summed E-state index contributed by atoms with van der Waals surface area (Å²) >= 11 is 0. The monoisotopic (exact) mass is 474 g/mol. The van der Waals surface area contributed by atoms with Crippen LogP contribution in [-0.4, -0.2) is 46.2 Å². The van der Waals surface area contributed by atoms with Crippen molar-refractivity contribution in [2.24, 2.45) is 0 Å². The third-order valence-electron chi connectivity index (χ3n) is 5.74. The van der Waals surface area contributed by atoms with Crippen LogP contribution in [0.3, 0.4) is 0 Å². The molecule has 35 heavy (non-hydrogen) atoms. The summed E-state index contributed by atoms with van der Waals surface area (Å²) in [6.45, 7) is 9.73. The highest BCUT2D eigenvalue weighted by Crippen LogP contribution is 2.33. The molecule has 2 atom stereocenters. The highest BCUT2D eigenvalue weighted by Gasteiger charge is 2.44. The number of aliphatic hydroxyl groups is 2. The van der Waals surface area contributed by atoms with Gasteiger partial charge in [-0.1, -0.05) is 12.2 Å². The SMILES string of the molecule is C=CCCOc1ccc(C(=O)C2(O)C=CC(O)(C(=O)c3ccc(OCCC=C)cc3)C(C)=C2)cc1. The maximum absolute atomic E-state index is 13.1. The zero-order valence-electron chi connectivity index (χ0n) is 19.8. The number of carbonyl (C=O) groups is 2. The minimum atomic E-state index is -2.00. The first-order valence-corrected chi connectivity index (χ1v) is 11.4. The lowest BCUT2D eigenvalue weighted by Gasteiger charge is -2.32. The fourth-order valence-corrected chi connectivity index (χ4v) is 3.64. The minimum absolute atomic E-state index is 0.150. The average molecular weight is 475 g/mol. The number of hydrogen-bond donors (Lipinski definition) is 2. The molecule has 0 saturated carbocycles. The van der Waals surface area contributed by atoms with Crippen molar-refractivity contribution in [1.82, 2.24) is 0 Å².